The third-order valence-electron chi connectivity index (χ3n) is 5.84. The minimum Gasteiger partial charge on any atom is -0.470 e. The molecule has 0 saturated heterocycles. The van der Waals surface area contributed by atoms with Crippen LogP contribution in [0.2, 0.25) is 5.02 Å². The number of Topliss-reactive ketones (excluding diaryl/α,β-unsaturated/α-hetero) is 1. The highest BCUT2D eigenvalue weighted by Crippen LogP contribution is 2.34. The molecular weight excluding hydrogens is 444 g/mol. The van der Waals surface area contributed by atoms with E-state index in [0.717, 1.165) is 25.7 Å². The molecule has 0 aliphatic heterocycles. The van der Waals surface area contributed by atoms with E-state index in [1.165, 1.54) is 6.20 Å². The van der Waals surface area contributed by atoms with Crippen molar-refractivity contribution in [3.8, 4) is 11.9 Å². The number of aryl methyl sites for hydroxylation is 1. The lowest BCUT2D eigenvalue weighted by Gasteiger charge is -2.32. The number of hydrogen-bond acceptors (Lipinski definition) is 6. The summed E-state index contributed by atoms with van der Waals surface area (Å²) >= 11 is 6.32. The molecule has 32 heavy (non-hydrogen) atoms. The van der Waals surface area contributed by atoms with Crippen LogP contribution in [0.25, 0.3) is 11.0 Å². The first-order valence-electron chi connectivity index (χ1n) is 10.9. The highest BCUT2D eigenvalue weighted by Gasteiger charge is 2.27. The van der Waals surface area contributed by atoms with Gasteiger partial charge in [-0.2, -0.15) is 4.98 Å². The van der Waals surface area contributed by atoms with Crippen molar-refractivity contribution in [1.29, 1.82) is 0 Å². The van der Waals surface area contributed by atoms with Gasteiger partial charge in [0, 0.05) is 13.5 Å². The van der Waals surface area contributed by atoms with Gasteiger partial charge in [-0.05, 0) is 45.4 Å². The summed E-state index contributed by atoms with van der Waals surface area (Å²) in [6.07, 6.45) is 2.85. The second-order valence-electron chi connectivity index (χ2n) is 8.51. The largest absolute Gasteiger partial charge is 0.470 e. The molecule has 0 bridgehead atoms. The molecule has 3 rings (SSSR count). The summed E-state index contributed by atoms with van der Waals surface area (Å²) in [5.74, 6) is 0.310. The zero-order chi connectivity index (χ0) is 23.4. The lowest BCUT2D eigenvalue weighted by atomic mass is 9.94. The summed E-state index contributed by atoms with van der Waals surface area (Å²) in [5.41, 5.74) is 1.02. The van der Waals surface area contributed by atoms with Gasteiger partial charge in [-0.3, -0.25) is 4.57 Å². The first-order chi connectivity index (χ1) is 15.2. The molecule has 2 atom stereocenters. The first kappa shape index (κ1) is 24.6. The molecule has 178 valence electrons. The van der Waals surface area contributed by atoms with Gasteiger partial charge in [0.15, 0.2) is 6.61 Å². The van der Waals surface area contributed by atoms with Gasteiger partial charge in [0.1, 0.15) is 22.4 Å². The average Bonchev–Trinajstić information content (AvgIpc) is 3.04. The predicted molar refractivity (Wildman–Crippen MR) is 117 cm³/mol. The van der Waals surface area contributed by atoms with E-state index in [1.54, 1.807) is 18.5 Å². The van der Waals surface area contributed by atoms with Crippen molar-refractivity contribution in [2.75, 3.05) is 6.61 Å². The van der Waals surface area contributed by atoms with Crippen molar-refractivity contribution in [3.63, 3.8) is 0 Å². The fourth-order valence-corrected chi connectivity index (χ4v) is 4.29. The summed E-state index contributed by atoms with van der Waals surface area (Å²) in [4.78, 5) is 19.8. The molecule has 1 fully saturated rings. The SMILES string of the molecule is CC(=O)C[C@@H](C)[C@@H](C)OC1CCC(Oc2nc3cnc(OCC(F)F)c(Cl)c3n2C)CC1. The minimum atomic E-state index is -2.62. The van der Waals surface area contributed by atoms with Gasteiger partial charge in [-0.1, -0.05) is 18.5 Å². The number of carbonyl (C=O) groups is 1. The van der Waals surface area contributed by atoms with Crippen LogP contribution >= 0.6 is 11.6 Å². The second kappa shape index (κ2) is 10.7. The Morgan fingerprint density at radius 1 is 1.25 bits per heavy atom. The van der Waals surface area contributed by atoms with Gasteiger partial charge < -0.3 is 19.0 Å². The second-order valence-corrected chi connectivity index (χ2v) is 8.89. The molecular formula is C22H30ClF2N3O4. The molecule has 2 heterocycles. The normalized spacial score (nSPS) is 21.0. The van der Waals surface area contributed by atoms with E-state index in [1.807, 2.05) is 13.8 Å². The number of fused-ring (bicyclic) bond motifs is 1. The average molecular weight is 474 g/mol. The summed E-state index contributed by atoms with van der Waals surface area (Å²) in [6, 6.07) is 0.391. The molecule has 1 aliphatic rings. The summed E-state index contributed by atoms with van der Waals surface area (Å²) in [5, 5.41) is 0.124. The molecule has 0 radical (unpaired) electrons. The first-order valence-corrected chi connectivity index (χ1v) is 11.3. The van der Waals surface area contributed by atoms with Crippen LogP contribution in [0, 0.1) is 5.92 Å². The number of halogens is 3. The molecule has 0 spiro atoms. The monoisotopic (exact) mass is 473 g/mol. The number of imidazole rings is 1. The van der Waals surface area contributed by atoms with Crippen LogP contribution < -0.4 is 9.47 Å². The Balaban J connectivity index is 1.59. The Hall–Kier alpha value is -2.00. The van der Waals surface area contributed by atoms with Crippen molar-refractivity contribution in [3.05, 3.63) is 11.2 Å². The fraction of sp³-hybridized carbons (Fsp3) is 0.682. The van der Waals surface area contributed by atoms with Crippen molar-refractivity contribution >= 4 is 28.4 Å². The van der Waals surface area contributed by atoms with Crippen molar-refractivity contribution in [2.45, 2.75) is 77.6 Å². The van der Waals surface area contributed by atoms with E-state index < -0.39 is 13.0 Å². The maximum absolute atomic E-state index is 12.4. The van der Waals surface area contributed by atoms with Crippen LogP contribution in [0.3, 0.4) is 0 Å². The standard InChI is InChI=1S/C22H30ClF2N3O4/c1-12(9-13(2)29)14(3)31-15-5-7-16(8-6-15)32-22-27-17-10-26-21(30-11-18(24)25)19(23)20(17)28(22)4/h10,12,14-16,18H,5-9,11H2,1-4H3/t12-,14-,15?,16?/m1/s1. The van der Waals surface area contributed by atoms with Crippen molar-refractivity contribution in [2.24, 2.45) is 13.0 Å². The lowest BCUT2D eigenvalue weighted by Crippen LogP contribution is -2.33. The number of nitrogens with zero attached hydrogens (tertiary/aromatic N) is 3. The number of ether oxygens (including phenoxy) is 3. The van der Waals surface area contributed by atoms with Crippen LogP contribution in [0.5, 0.6) is 11.9 Å². The molecule has 0 N–H and O–H groups in total. The highest BCUT2D eigenvalue weighted by atomic mass is 35.5. The fourth-order valence-electron chi connectivity index (χ4n) is 3.97. The van der Waals surface area contributed by atoms with E-state index in [2.05, 4.69) is 9.97 Å². The maximum Gasteiger partial charge on any atom is 0.297 e. The predicted octanol–water partition coefficient (Wildman–Crippen LogP) is 4.98. The number of ketones is 1. The number of rotatable bonds is 10. The van der Waals surface area contributed by atoms with Crippen molar-refractivity contribution < 1.29 is 27.8 Å². The molecule has 10 heteroatoms. The zero-order valence-corrected chi connectivity index (χ0v) is 19.6. The van der Waals surface area contributed by atoms with Crippen molar-refractivity contribution in [1.82, 2.24) is 14.5 Å². The summed E-state index contributed by atoms with van der Waals surface area (Å²) < 4.78 is 43.9. The summed E-state index contributed by atoms with van der Waals surface area (Å²) in [6.45, 7) is 4.88. The third kappa shape index (κ3) is 6.07. The van der Waals surface area contributed by atoms with Gasteiger partial charge in [-0.25, -0.2) is 13.8 Å². The van der Waals surface area contributed by atoms with Crippen LogP contribution in [0.4, 0.5) is 8.78 Å². The molecule has 0 amide bonds. The molecule has 1 saturated carbocycles. The summed E-state index contributed by atoms with van der Waals surface area (Å²) in [7, 11) is 1.75. The van der Waals surface area contributed by atoms with Crippen LogP contribution in [-0.2, 0) is 16.6 Å². The van der Waals surface area contributed by atoms with Gasteiger partial charge in [0.25, 0.3) is 12.4 Å². The Morgan fingerprint density at radius 3 is 2.53 bits per heavy atom. The van der Waals surface area contributed by atoms with E-state index >= 15 is 0 Å². The van der Waals surface area contributed by atoms with E-state index in [0.29, 0.717) is 23.5 Å². The molecule has 1 aliphatic carbocycles. The van der Waals surface area contributed by atoms with Gasteiger partial charge >= 0.3 is 0 Å². The Bertz CT molecular complexity index is 932. The van der Waals surface area contributed by atoms with E-state index in [4.69, 9.17) is 25.8 Å². The molecule has 7 nitrogen and oxygen atoms in total. The molecule has 0 aromatic carbocycles. The van der Waals surface area contributed by atoms with Crippen LogP contribution in [-0.4, -0.2) is 51.7 Å². The number of hydrogen-bond donors (Lipinski definition) is 0. The number of aromatic nitrogens is 3. The minimum absolute atomic E-state index is 0.0170. The molecule has 0 unspecified atom stereocenters. The molecule has 2 aromatic heterocycles. The Kier molecular flexibility index (Phi) is 8.27. The molecule has 2 aromatic rings. The zero-order valence-electron chi connectivity index (χ0n) is 18.8. The van der Waals surface area contributed by atoms with Gasteiger partial charge in [-0.15, -0.1) is 0 Å². The smallest absolute Gasteiger partial charge is 0.297 e. The Morgan fingerprint density at radius 2 is 1.91 bits per heavy atom. The van der Waals surface area contributed by atoms with Gasteiger partial charge in [0.2, 0.25) is 5.88 Å². The van der Waals surface area contributed by atoms with Crippen LogP contribution in [0.1, 0.15) is 52.9 Å². The topological polar surface area (TPSA) is 75.5 Å². The number of carbonyl (C=O) groups excluding carboxylic acids is 1. The Labute approximate surface area is 191 Å². The lowest BCUT2D eigenvalue weighted by molar-refractivity contribution is -0.120. The van der Waals surface area contributed by atoms with Gasteiger partial charge in [0.05, 0.1) is 23.9 Å². The maximum atomic E-state index is 12.4. The highest BCUT2D eigenvalue weighted by molar-refractivity contribution is 6.36. The number of alkyl halides is 2. The third-order valence-corrected chi connectivity index (χ3v) is 6.18. The van der Waals surface area contributed by atoms with E-state index in [9.17, 15) is 13.6 Å². The van der Waals surface area contributed by atoms with Crippen LogP contribution in [0.15, 0.2) is 6.20 Å². The number of pyridine rings is 1. The quantitative estimate of drug-likeness (QED) is 0.484. The van der Waals surface area contributed by atoms with E-state index in [-0.39, 0.29) is 40.9 Å².